The third-order valence-electron chi connectivity index (χ3n) is 2.58. The van der Waals surface area contributed by atoms with E-state index in [0.29, 0.717) is 13.0 Å². The Morgan fingerprint density at radius 3 is 3.07 bits per heavy atom. The number of ether oxygens (including phenoxy) is 1. The van der Waals surface area contributed by atoms with Crippen LogP contribution in [0.15, 0.2) is 22.7 Å². The first-order valence-electron chi connectivity index (χ1n) is 4.49. The summed E-state index contributed by atoms with van der Waals surface area (Å²) in [5.41, 5.74) is 6.31. The normalized spacial score (nSPS) is 25.4. The minimum absolute atomic E-state index is 0.0557. The monoisotopic (exact) mass is 257 g/mol. The number of hydrogen-bond acceptors (Lipinski definition) is 3. The summed E-state index contributed by atoms with van der Waals surface area (Å²) in [6.45, 7) is 0.493. The van der Waals surface area contributed by atoms with Crippen LogP contribution in [-0.4, -0.2) is 18.3 Å². The largest absolute Gasteiger partial charge is 0.492 e. The molecule has 1 aromatic carbocycles. The Bertz CT molecular complexity index is 356. The van der Waals surface area contributed by atoms with E-state index in [4.69, 9.17) is 10.5 Å². The highest BCUT2D eigenvalue weighted by molar-refractivity contribution is 9.10. The quantitative estimate of drug-likeness (QED) is 0.800. The van der Waals surface area contributed by atoms with E-state index in [-0.39, 0.29) is 6.61 Å². The van der Waals surface area contributed by atoms with Gasteiger partial charge in [0, 0.05) is 12.0 Å². The van der Waals surface area contributed by atoms with E-state index in [1.165, 1.54) is 0 Å². The predicted octanol–water partition coefficient (Wildman–Crippen LogP) is 1.38. The Morgan fingerprint density at radius 1 is 1.57 bits per heavy atom. The summed E-state index contributed by atoms with van der Waals surface area (Å²) < 4.78 is 6.40. The van der Waals surface area contributed by atoms with Gasteiger partial charge < -0.3 is 15.6 Å². The molecule has 0 aliphatic carbocycles. The molecule has 1 aliphatic rings. The number of halogens is 1. The van der Waals surface area contributed by atoms with E-state index < -0.39 is 5.54 Å². The molecule has 2 rings (SSSR count). The van der Waals surface area contributed by atoms with Crippen LogP contribution >= 0.6 is 15.9 Å². The van der Waals surface area contributed by atoms with Gasteiger partial charge in [-0.05, 0) is 22.0 Å². The third-order valence-corrected chi connectivity index (χ3v) is 3.20. The average molecular weight is 258 g/mol. The second-order valence-corrected chi connectivity index (χ2v) is 4.38. The number of rotatable bonds is 1. The van der Waals surface area contributed by atoms with Crippen molar-refractivity contribution in [3.8, 4) is 5.75 Å². The lowest BCUT2D eigenvalue weighted by atomic mass is 9.86. The molecule has 0 spiro atoms. The van der Waals surface area contributed by atoms with Crippen molar-refractivity contribution < 1.29 is 9.84 Å². The van der Waals surface area contributed by atoms with Gasteiger partial charge in [-0.2, -0.15) is 0 Å². The molecule has 4 heteroatoms. The molecule has 1 aliphatic heterocycles. The van der Waals surface area contributed by atoms with Crippen molar-refractivity contribution in [2.24, 2.45) is 5.73 Å². The number of nitrogens with two attached hydrogens (primary N) is 1. The highest BCUT2D eigenvalue weighted by Gasteiger charge is 2.34. The summed E-state index contributed by atoms with van der Waals surface area (Å²) in [7, 11) is 0. The number of benzene rings is 1. The number of aliphatic hydroxyl groups excluding tert-OH is 1. The molecule has 3 N–H and O–H groups in total. The van der Waals surface area contributed by atoms with Crippen LogP contribution in [0.1, 0.15) is 12.0 Å². The summed E-state index contributed by atoms with van der Waals surface area (Å²) in [5.74, 6) is 0.760. The average Bonchev–Trinajstić information content (AvgIpc) is 2.20. The minimum atomic E-state index is -0.655. The first-order valence-corrected chi connectivity index (χ1v) is 5.28. The molecule has 1 atom stereocenters. The van der Waals surface area contributed by atoms with E-state index in [1.54, 1.807) is 0 Å². The van der Waals surface area contributed by atoms with E-state index >= 15 is 0 Å². The van der Waals surface area contributed by atoms with Crippen LogP contribution in [0, 0.1) is 0 Å². The maximum absolute atomic E-state index is 9.29. The third kappa shape index (κ3) is 1.43. The number of hydrogen-bond donors (Lipinski definition) is 2. The van der Waals surface area contributed by atoms with Crippen molar-refractivity contribution in [1.82, 2.24) is 0 Å². The SMILES string of the molecule is N[C@]1(CO)CCOc2c(Br)cccc21. The summed E-state index contributed by atoms with van der Waals surface area (Å²) in [4.78, 5) is 0. The van der Waals surface area contributed by atoms with Crippen molar-refractivity contribution in [3.05, 3.63) is 28.2 Å². The maximum atomic E-state index is 9.29. The molecule has 14 heavy (non-hydrogen) atoms. The molecule has 76 valence electrons. The molecular formula is C10H12BrNO2. The summed E-state index contributed by atoms with van der Waals surface area (Å²) in [5, 5.41) is 9.29. The first-order chi connectivity index (χ1) is 6.67. The second kappa shape index (κ2) is 3.53. The van der Waals surface area contributed by atoms with Gasteiger partial charge in [-0.1, -0.05) is 12.1 Å². The van der Waals surface area contributed by atoms with E-state index in [2.05, 4.69) is 15.9 Å². The smallest absolute Gasteiger partial charge is 0.138 e. The topological polar surface area (TPSA) is 55.5 Å². The molecule has 0 saturated carbocycles. The molecule has 1 aromatic rings. The van der Waals surface area contributed by atoms with Gasteiger partial charge in [-0.25, -0.2) is 0 Å². The van der Waals surface area contributed by atoms with E-state index in [0.717, 1.165) is 15.8 Å². The van der Waals surface area contributed by atoms with E-state index in [9.17, 15) is 5.11 Å². The molecule has 0 saturated heterocycles. The van der Waals surface area contributed by atoms with Crippen molar-refractivity contribution in [3.63, 3.8) is 0 Å². The Kier molecular flexibility index (Phi) is 2.51. The molecule has 0 amide bonds. The van der Waals surface area contributed by atoms with E-state index in [1.807, 2.05) is 18.2 Å². The highest BCUT2D eigenvalue weighted by Crippen LogP contribution is 2.39. The number of para-hydroxylation sites is 1. The van der Waals surface area contributed by atoms with Gasteiger partial charge in [0.2, 0.25) is 0 Å². The summed E-state index contributed by atoms with van der Waals surface area (Å²) >= 11 is 3.40. The Balaban J connectivity index is 2.55. The molecule has 0 bridgehead atoms. The lowest BCUT2D eigenvalue weighted by Crippen LogP contribution is -2.44. The zero-order valence-corrected chi connectivity index (χ0v) is 9.25. The van der Waals surface area contributed by atoms with Crippen LogP contribution in [0.2, 0.25) is 0 Å². The van der Waals surface area contributed by atoms with Crippen LogP contribution in [-0.2, 0) is 5.54 Å². The van der Waals surface area contributed by atoms with Gasteiger partial charge in [0.25, 0.3) is 0 Å². The fourth-order valence-electron chi connectivity index (χ4n) is 1.68. The minimum Gasteiger partial charge on any atom is -0.492 e. The standard InChI is InChI=1S/C10H12BrNO2/c11-8-3-1-2-7-9(8)14-5-4-10(7,12)6-13/h1-3,13H,4-6,12H2/t10-/m0/s1. The van der Waals surface area contributed by atoms with Crippen LogP contribution in [0.5, 0.6) is 5.75 Å². The number of aliphatic hydroxyl groups is 1. The zero-order chi connectivity index (χ0) is 10.2. The van der Waals surface area contributed by atoms with Gasteiger partial charge in [-0.3, -0.25) is 0 Å². The van der Waals surface area contributed by atoms with Gasteiger partial charge in [0.05, 0.1) is 23.2 Å². The van der Waals surface area contributed by atoms with Gasteiger partial charge in [0.15, 0.2) is 0 Å². The second-order valence-electron chi connectivity index (χ2n) is 3.53. The Labute approximate surface area is 91.0 Å². The van der Waals surface area contributed by atoms with Crippen LogP contribution in [0.3, 0.4) is 0 Å². The highest BCUT2D eigenvalue weighted by atomic mass is 79.9. The van der Waals surface area contributed by atoms with Gasteiger partial charge in [-0.15, -0.1) is 0 Å². The Morgan fingerprint density at radius 2 is 2.36 bits per heavy atom. The molecule has 0 radical (unpaired) electrons. The molecule has 0 unspecified atom stereocenters. The van der Waals surface area contributed by atoms with Crippen molar-refractivity contribution in [1.29, 1.82) is 0 Å². The van der Waals surface area contributed by atoms with Crippen LogP contribution in [0.25, 0.3) is 0 Å². The summed E-state index contributed by atoms with van der Waals surface area (Å²) in [6.07, 6.45) is 0.646. The fourth-order valence-corrected chi connectivity index (χ4v) is 2.16. The lowest BCUT2D eigenvalue weighted by Gasteiger charge is -2.34. The van der Waals surface area contributed by atoms with Gasteiger partial charge in [0.1, 0.15) is 5.75 Å². The molecular weight excluding hydrogens is 246 g/mol. The van der Waals surface area contributed by atoms with Crippen molar-refractivity contribution in [2.75, 3.05) is 13.2 Å². The molecule has 3 nitrogen and oxygen atoms in total. The van der Waals surface area contributed by atoms with Crippen molar-refractivity contribution in [2.45, 2.75) is 12.0 Å². The van der Waals surface area contributed by atoms with Gasteiger partial charge >= 0.3 is 0 Å². The molecule has 0 fully saturated rings. The predicted molar refractivity (Wildman–Crippen MR) is 57.2 cm³/mol. The molecule has 1 heterocycles. The first kappa shape index (κ1) is 9.96. The molecule has 0 aromatic heterocycles. The lowest BCUT2D eigenvalue weighted by molar-refractivity contribution is 0.138. The Hall–Kier alpha value is -0.580. The van der Waals surface area contributed by atoms with Crippen LogP contribution in [0.4, 0.5) is 0 Å². The van der Waals surface area contributed by atoms with Crippen LogP contribution < -0.4 is 10.5 Å². The fraction of sp³-hybridized carbons (Fsp3) is 0.400. The summed E-state index contributed by atoms with van der Waals surface area (Å²) in [6, 6.07) is 5.70. The zero-order valence-electron chi connectivity index (χ0n) is 7.66. The maximum Gasteiger partial charge on any atom is 0.138 e. The van der Waals surface area contributed by atoms with Crippen molar-refractivity contribution >= 4 is 15.9 Å². The number of fused-ring (bicyclic) bond motifs is 1.